The number of hydrogen-bond acceptors (Lipinski definition) is 2. The second kappa shape index (κ2) is 9.09. The number of nitrogens with one attached hydrogen (secondary N) is 1. The van der Waals surface area contributed by atoms with Crippen LogP contribution in [0.3, 0.4) is 0 Å². The number of piperidine rings is 1. The Morgan fingerprint density at radius 3 is 2.31 bits per heavy atom. The number of carbonyl (C=O) groups is 1. The third-order valence-corrected chi connectivity index (χ3v) is 5.58. The number of carbonyl (C=O) groups excluding carboxylic acids is 1. The van der Waals surface area contributed by atoms with Crippen molar-refractivity contribution < 1.29 is 4.79 Å². The molecule has 1 saturated heterocycles. The fourth-order valence-electron chi connectivity index (χ4n) is 3.19. The third kappa shape index (κ3) is 5.37. The minimum absolute atomic E-state index is 0.0579. The van der Waals surface area contributed by atoms with Crippen molar-refractivity contribution >= 4 is 40.7 Å². The lowest BCUT2D eigenvalue weighted by Gasteiger charge is -2.31. The largest absolute Gasteiger partial charge is 0.352 e. The molecule has 0 radical (unpaired) electrons. The van der Waals surface area contributed by atoms with Crippen molar-refractivity contribution in [2.24, 2.45) is 5.92 Å². The molecule has 1 N–H and O–H groups in total. The van der Waals surface area contributed by atoms with Crippen LogP contribution in [-0.4, -0.2) is 23.9 Å². The summed E-state index contributed by atoms with van der Waals surface area (Å²) in [6.07, 6.45) is 1.74. The van der Waals surface area contributed by atoms with Gasteiger partial charge in [0.15, 0.2) is 0 Å². The zero-order valence-corrected chi connectivity index (χ0v) is 16.6. The molecule has 0 aromatic heterocycles. The molecule has 6 heteroatoms. The van der Waals surface area contributed by atoms with E-state index in [4.69, 9.17) is 34.8 Å². The van der Waals surface area contributed by atoms with Crippen LogP contribution < -0.4 is 5.32 Å². The minimum Gasteiger partial charge on any atom is -0.352 e. The van der Waals surface area contributed by atoms with Gasteiger partial charge in [-0.15, -0.1) is 0 Å². The second-order valence-corrected chi connectivity index (χ2v) is 7.91. The Morgan fingerprint density at radius 1 is 1.00 bits per heavy atom. The lowest BCUT2D eigenvalue weighted by atomic mass is 9.95. The maximum absolute atomic E-state index is 12.4. The molecular formula is C20H21Cl3N2O. The van der Waals surface area contributed by atoms with Gasteiger partial charge < -0.3 is 5.32 Å². The highest BCUT2D eigenvalue weighted by Gasteiger charge is 2.24. The van der Waals surface area contributed by atoms with Gasteiger partial charge in [0.25, 0.3) is 0 Å². The number of nitrogens with zero attached hydrogens (tertiary/aromatic N) is 1. The van der Waals surface area contributed by atoms with E-state index < -0.39 is 0 Å². The van der Waals surface area contributed by atoms with Crippen molar-refractivity contribution in [1.82, 2.24) is 10.2 Å². The van der Waals surface area contributed by atoms with Crippen LogP contribution in [0.4, 0.5) is 0 Å². The fraction of sp³-hybridized carbons (Fsp3) is 0.350. The summed E-state index contributed by atoms with van der Waals surface area (Å²) in [4.78, 5) is 14.8. The van der Waals surface area contributed by atoms with Crippen LogP contribution >= 0.6 is 34.8 Å². The van der Waals surface area contributed by atoms with Crippen molar-refractivity contribution in [2.45, 2.75) is 25.9 Å². The van der Waals surface area contributed by atoms with Gasteiger partial charge >= 0.3 is 0 Å². The lowest BCUT2D eigenvalue weighted by Crippen LogP contribution is -2.40. The molecule has 3 rings (SSSR count). The van der Waals surface area contributed by atoms with Crippen LogP contribution in [0.2, 0.25) is 15.1 Å². The summed E-state index contributed by atoms with van der Waals surface area (Å²) in [6.45, 7) is 3.16. The van der Waals surface area contributed by atoms with E-state index in [0.717, 1.165) is 43.1 Å². The average Bonchev–Trinajstić information content (AvgIpc) is 2.63. The Labute approximate surface area is 169 Å². The number of amides is 1. The molecule has 0 unspecified atom stereocenters. The molecule has 3 nitrogen and oxygen atoms in total. The molecule has 2 aromatic rings. The van der Waals surface area contributed by atoms with Gasteiger partial charge in [0, 0.05) is 34.1 Å². The first kappa shape index (κ1) is 19.5. The van der Waals surface area contributed by atoms with Crippen LogP contribution in [-0.2, 0) is 17.9 Å². The van der Waals surface area contributed by atoms with Crippen molar-refractivity contribution in [2.75, 3.05) is 13.1 Å². The Bertz CT molecular complexity index is 756. The highest BCUT2D eigenvalue weighted by molar-refractivity contribution is 6.35. The Hall–Kier alpha value is -1.26. The standard InChI is InChI=1S/C20H21Cl3N2O/c21-17-4-1-14(2-5-17)13-25-9-7-15(8-10-25)20(26)24-12-16-3-6-18(22)11-19(16)23/h1-6,11,15H,7-10,12-13H2,(H,24,26). The van der Waals surface area contributed by atoms with Crippen molar-refractivity contribution in [3.05, 3.63) is 68.7 Å². The Balaban J connectivity index is 1.45. The van der Waals surface area contributed by atoms with Crippen LogP contribution in [0.1, 0.15) is 24.0 Å². The van der Waals surface area contributed by atoms with E-state index in [1.807, 2.05) is 18.2 Å². The van der Waals surface area contributed by atoms with E-state index in [0.29, 0.717) is 16.6 Å². The SMILES string of the molecule is O=C(NCc1ccc(Cl)cc1Cl)C1CCN(Cc2ccc(Cl)cc2)CC1. The van der Waals surface area contributed by atoms with E-state index in [9.17, 15) is 4.79 Å². The summed E-state index contributed by atoms with van der Waals surface area (Å²) in [5.41, 5.74) is 2.12. The van der Waals surface area contributed by atoms with Gasteiger partial charge in [0.2, 0.25) is 5.91 Å². The molecule has 1 fully saturated rings. The number of hydrogen-bond donors (Lipinski definition) is 1. The minimum atomic E-state index is 0.0579. The summed E-state index contributed by atoms with van der Waals surface area (Å²) in [5, 5.41) is 4.93. The van der Waals surface area contributed by atoms with Gasteiger partial charge in [-0.3, -0.25) is 9.69 Å². The smallest absolute Gasteiger partial charge is 0.223 e. The van der Waals surface area contributed by atoms with Crippen LogP contribution in [0, 0.1) is 5.92 Å². The molecule has 0 bridgehead atoms. The van der Waals surface area contributed by atoms with E-state index in [1.165, 1.54) is 5.56 Å². The summed E-state index contributed by atoms with van der Waals surface area (Å²) in [6, 6.07) is 13.3. The van der Waals surface area contributed by atoms with Gasteiger partial charge in [-0.1, -0.05) is 53.0 Å². The number of rotatable bonds is 5. The third-order valence-electron chi connectivity index (χ3n) is 4.75. The topological polar surface area (TPSA) is 32.3 Å². The summed E-state index contributed by atoms with van der Waals surface area (Å²) in [5.74, 6) is 0.157. The highest BCUT2D eigenvalue weighted by Crippen LogP contribution is 2.22. The van der Waals surface area contributed by atoms with Crippen LogP contribution in [0.15, 0.2) is 42.5 Å². The maximum Gasteiger partial charge on any atom is 0.223 e. The van der Waals surface area contributed by atoms with E-state index in [-0.39, 0.29) is 11.8 Å². The monoisotopic (exact) mass is 410 g/mol. The van der Waals surface area contributed by atoms with Gasteiger partial charge in [-0.25, -0.2) is 0 Å². The van der Waals surface area contributed by atoms with Crippen molar-refractivity contribution in [3.8, 4) is 0 Å². The molecule has 1 heterocycles. The zero-order chi connectivity index (χ0) is 18.5. The van der Waals surface area contributed by atoms with E-state index in [1.54, 1.807) is 12.1 Å². The highest BCUT2D eigenvalue weighted by atomic mass is 35.5. The normalized spacial score (nSPS) is 15.8. The first-order valence-corrected chi connectivity index (χ1v) is 9.83. The molecule has 0 aliphatic carbocycles. The molecule has 0 saturated carbocycles. The molecular weight excluding hydrogens is 391 g/mol. The van der Waals surface area contributed by atoms with Gasteiger partial charge in [-0.2, -0.15) is 0 Å². The van der Waals surface area contributed by atoms with Crippen LogP contribution in [0.5, 0.6) is 0 Å². The molecule has 0 atom stereocenters. The first-order valence-electron chi connectivity index (χ1n) is 8.69. The number of halogens is 3. The van der Waals surface area contributed by atoms with Crippen molar-refractivity contribution in [1.29, 1.82) is 0 Å². The quantitative estimate of drug-likeness (QED) is 0.735. The first-order chi connectivity index (χ1) is 12.5. The van der Waals surface area contributed by atoms with Gasteiger partial charge in [0.1, 0.15) is 0 Å². The molecule has 26 heavy (non-hydrogen) atoms. The van der Waals surface area contributed by atoms with E-state index >= 15 is 0 Å². The van der Waals surface area contributed by atoms with Crippen molar-refractivity contribution in [3.63, 3.8) is 0 Å². The summed E-state index contributed by atoms with van der Waals surface area (Å²) < 4.78 is 0. The summed E-state index contributed by atoms with van der Waals surface area (Å²) >= 11 is 18.0. The van der Waals surface area contributed by atoms with Gasteiger partial charge in [-0.05, 0) is 61.3 Å². The number of likely N-dealkylation sites (tertiary alicyclic amines) is 1. The predicted molar refractivity (Wildman–Crippen MR) is 108 cm³/mol. The lowest BCUT2D eigenvalue weighted by molar-refractivity contribution is -0.126. The number of benzene rings is 2. The Kier molecular flexibility index (Phi) is 6.82. The predicted octanol–water partition coefficient (Wildman–Crippen LogP) is 5.18. The average molecular weight is 412 g/mol. The molecule has 138 valence electrons. The molecule has 1 aliphatic heterocycles. The molecule has 1 amide bonds. The Morgan fingerprint density at radius 2 is 1.65 bits per heavy atom. The fourth-order valence-corrected chi connectivity index (χ4v) is 3.79. The molecule has 2 aromatic carbocycles. The molecule has 0 spiro atoms. The zero-order valence-electron chi connectivity index (χ0n) is 14.4. The van der Waals surface area contributed by atoms with Gasteiger partial charge in [0.05, 0.1) is 0 Å². The van der Waals surface area contributed by atoms with Crippen LogP contribution in [0.25, 0.3) is 0 Å². The molecule has 1 aliphatic rings. The maximum atomic E-state index is 12.4. The second-order valence-electron chi connectivity index (χ2n) is 6.63. The van der Waals surface area contributed by atoms with E-state index in [2.05, 4.69) is 22.3 Å². The summed E-state index contributed by atoms with van der Waals surface area (Å²) in [7, 11) is 0.